The van der Waals surface area contributed by atoms with Gasteiger partial charge in [-0.1, -0.05) is 25.4 Å². The maximum atomic E-state index is 6.47. The number of aromatic nitrogens is 1. The molecule has 84 valence electrons. The lowest BCUT2D eigenvalue weighted by molar-refractivity contribution is 0.848. The summed E-state index contributed by atoms with van der Waals surface area (Å²) >= 11 is 8.77. The van der Waals surface area contributed by atoms with E-state index in [9.17, 15) is 0 Å². The molecule has 16 heavy (non-hydrogen) atoms. The average Bonchev–Trinajstić information content (AvgIpc) is 2.19. The van der Waals surface area contributed by atoms with Crippen molar-refractivity contribution in [3.05, 3.63) is 38.0 Å². The zero-order chi connectivity index (χ0) is 11.9. The van der Waals surface area contributed by atoms with Gasteiger partial charge in [0.05, 0.1) is 10.5 Å². The van der Waals surface area contributed by atoms with Crippen molar-refractivity contribution in [1.82, 2.24) is 4.98 Å². The second kappa shape index (κ2) is 4.49. The van der Waals surface area contributed by atoms with E-state index in [0.717, 1.165) is 27.2 Å². The highest BCUT2D eigenvalue weighted by Crippen LogP contribution is 2.33. The largest absolute Gasteiger partial charge is 0.253 e. The molecule has 1 aromatic carbocycles. The van der Waals surface area contributed by atoms with Crippen LogP contribution >= 0.6 is 34.2 Å². The number of nitrogens with zero attached hydrogens (tertiary/aromatic N) is 1. The standard InChI is InChI=1S/C13H13ClIN/c1-7(2)12-8(3)16-11-5-4-9(15)6-10(11)13(12)14/h4-7H,1-3H3. The number of pyridine rings is 1. The predicted octanol–water partition coefficient (Wildman–Crippen LogP) is 4.92. The highest BCUT2D eigenvalue weighted by molar-refractivity contribution is 14.1. The lowest BCUT2D eigenvalue weighted by atomic mass is 9.99. The molecule has 0 N–H and O–H groups in total. The van der Waals surface area contributed by atoms with Crippen LogP contribution in [0, 0.1) is 10.5 Å². The SMILES string of the molecule is Cc1nc2ccc(I)cc2c(Cl)c1C(C)C. The Morgan fingerprint density at radius 3 is 2.62 bits per heavy atom. The summed E-state index contributed by atoms with van der Waals surface area (Å²) in [6.45, 7) is 6.32. The summed E-state index contributed by atoms with van der Waals surface area (Å²) in [6.07, 6.45) is 0. The third kappa shape index (κ3) is 2.05. The summed E-state index contributed by atoms with van der Waals surface area (Å²) in [7, 11) is 0. The Morgan fingerprint density at radius 2 is 2.00 bits per heavy atom. The summed E-state index contributed by atoms with van der Waals surface area (Å²) in [5.41, 5.74) is 3.18. The highest BCUT2D eigenvalue weighted by atomic mass is 127. The van der Waals surface area contributed by atoms with Crippen molar-refractivity contribution < 1.29 is 0 Å². The molecule has 0 aliphatic heterocycles. The molecule has 2 rings (SSSR count). The number of hydrogen-bond acceptors (Lipinski definition) is 1. The molecule has 1 nitrogen and oxygen atoms in total. The highest BCUT2D eigenvalue weighted by Gasteiger charge is 2.13. The van der Waals surface area contributed by atoms with Crippen LogP contribution in [0.1, 0.15) is 31.0 Å². The van der Waals surface area contributed by atoms with Crippen LogP contribution in [-0.4, -0.2) is 4.98 Å². The topological polar surface area (TPSA) is 12.9 Å². The van der Waals surface area contributed by atoms with E-state index in [0.29, 0.717) is 5.92 Å². The van der Waals surface area contributed by atoms with Crippen LogP contribution in [0.5, 0.6) is 0 Å². The van der Waals surface area contributed by atoms with Gasteiger partial charge in [0.25, 0.3) is 0 Å². The molecule has 0 aliphatic carbocycles. The first kappa shape index (κ1) is 12.1. The first-order valence-electron chi connectivity index (χ1n) is 5.26. The number of benzene rings is 1. The van der Waals surface area contributed by atoms with Gasteiger partial charge in [-0.15, -0.1) is 0 Å². The maximum absolute atomic E-state index is 6.47. The predicted molar refractivity (Wildman–Crippen MR) is 78.3 cm³/mol. The minimum absolute atomic E-state index is 0.405. The Morgan fingerprint density at radius 1 is 1.31 bits per heavy atom. The molecular formula is C13H13ClIN. The second-order valence-corrected chi connectivity index (χ2v) is 5.86. The van der Waals surface area contributed by atoms with Crippen molar-refractivity contribution in [3.63, 3.8) is 0 Å². The Labute approximate surface area is 114 Å². The van der Waals surface area contributed by atoms with Crippen LogP contribution in [0.4, 0.5) is 0 Å². The molecule has 1 heterocycles. The first-order valence-corrected chi connectivity index (χ1v) is 6.71. The molecule has 3 heteroatoms. The third-order valence-corrected chi connectivity index (χ3v) is 3.77. The van der Waals surface area contributed by atoms with Crippen molar-refractivity contribution in [2.75, 3.05) is 0 Å². The van der Waals surface area contributed by atoms with E-state index in [2.05, 4.69) is 53.6 Å². The van der Waals surface area contributed by atoms with Gasteiger partial charge in [0.15, 0.2) is 0 Å². The van der Waals surface area contributed by atoms with Crippen molar-refractivity contribution in [2.24, 2.45) is 0 Å². The molecule has 0 saturated carbocycles. The van der Waals surface area contributed by atoms with Crippen LogP contribution in [0.2, 0.25) is 5.02 Å². The van der Waals surface area contributed by atoms with E-state index in [1.807, 2.05) is 13.0 Å². The molecule has 0 unspecified atom stereocenters. The van der Waals surface area contributed by atoms with E-state index < -0.39 is 0 Å². The lowest BCUT2D eigenvalue weighted by Crippen LogP contribution is -1.98. The van der Waals surface area contributed by atoms with Gasteiger partial charge in [0.1, 0.15) is 0 Å². The van der Waals surface area contributed by atoms with Gasteiger partial charge in [-0.3, -0.25) is 4.98 Å². The van der Waals surface area contributed by atoms with Crippen molar-refractivity contribution in [2.45, 2.75) is 26.7 Å². The Hall–Kier alpha value is -0.350. The van der Waals surface area contributed by atoms with Crippen LogP contribution in [0.25, 0.3) is 10.9 Å². The fourth-order valence-electron chi connectivity index (χ4n) is 2.00. The van der Waals surface area contributed by atoms with Crippen LogP contribution in [0.3, 0.4) is 0 Å². The molecule has 0 fully saturated rings. The summed E-state index contributed by atoms with van der Waals surface area (Å²) in [5.74, 6) is 0.405. The van der Waals surface area contributed by atoms with Gasteiger partial charge in [0, 0.05) is 14.7 Å². The Bertz CT molecular complexity index is 549. The molecule has 0 saturated heterocycles. The van der Waals surface area contributed by atoms with Gasteiger partial charge in [-0.2, -0.15) is 0 Å². The maximum Gasteiger partial charge on any atom is 0.0721 e. The first-order chi connectivity index (χ1) is 7.50. The quantitative estimate of drug-likeness (QED) is 0.668. The molecule has 0 aliphatic rings. The molecule has 1 aromatic heterocycles. The molecule has 0 bridgehead atoms. The fraction of sp³-hybridized carbons (Fsp3) is 0.308. The minimum Gasteiger partial charge on any atom is -0.253 e. The lowest BCUT2D eigenvalue weighted by Gasteiger charge is -2.13. The molecular weight excluding hydrogens is 333 g/mol. The molecule has 0 spiro atoms. The van der Waals surface area contributed by atoms with Crippen molar-refractivity contribution >= 4 is 45.1 Å². The summed E-state index contributed by atoms with van der Waals surface area (Å²) in [6, 6.07) is 6.18. The molecule has 0 atom stereocenters. The number of halogens is 2. The number of fused-ring (bicyclic) bond motifs is 1. The number of aryl methyl sites for hydroxylation is 1. The fourth-order valence-corrected chi connectivity index (χ4v) is 3.00. The molecule has 0 amide bonds. The van der Waals surface area contributed by atoms with Crippen molar-refractivity contribution in [1.29, 1.82) is 0 Å². The summed E-state index contributed by atoms with van der Waals surface area (Å²) in [4.78, 5) is 4.61. The zero-order valence-electron chi connectivity index (χ0n) is 9.51. The molecule has 2 aromatic rings. The van der Waals surface area contributed by atoms with Crippen LogP contribution in [0.15, 0.2) is 18.2 Å². The van der Waals surface area contributed by atoms with Crippen LogP contribution < -0.4 is 0 Å². The van der Waals surface area contributed by atoms with Gasteiger partial charge in [-0.25, -0.2) is 0 Å². The number of hydrogen-bond donors (Lipinski definition) is 0. The van der Waals surface area contributed by atoms with E-state index in [1.165, 1.54) is 3.57 Å². The van der Waals surface area contributed by atoms with Crippen LogP contribution in [-0.2, 0) is 0 Å². The second-order valence-electron chi connectivity index (χ2n) is 4.24. The number of rotatable bonds is 1. The Balaban J connectivity index is 2.85. The minimum atomic E-state index is 0.405. The zero-order valence-corrected chi connectivity index (χ0v) is 12.4. The third-order valence-electron chi connectivity index (χ3n) is 2.69. The Kier molecular flexibility index (Phi) is 3.40. The van der Waals surface area contributed by atoms with E-state index >= 15 is 0 Å². The van der Waals surface area contributed by atoms with Crippen molar-refractivity contribution in [3.8, 4) is 0 Å². The van der Waals surface area contributed by atoms with E-state index in [4.69, 9.17) is 11.6 Å². The van der Waals surface area contributed by atoms with Gasteiger partial charge >= 0.3 is 0 Å². The average molecular weight is 346 g/mol. The monoisotopic (exact) mass is 345 g/mol. The van der Waals surface area contributed by atoms with Gasteiger partial charge < -0.3 is 0 Å². The summed E-state index contributed by atoms with van der Waals surface area (Å²) < 4.78 is 1.19. The van der Waals surface area contributed by atoms with Gasteiger partial charge in [-0.05, 0) is 59.2 Å². The van der Waals surface area contributed by atoms with E-state index in [-0.39, 0.29) is 0 Å². The van der Waals surface area contributed by atoms with E-state index in [1.54, 1.807) is 0 Å². The van der Waals surface area contributed by atoms with Gasteiger partial charge in [0.2, 0.25) is 0 Å². The summed E-state index contributed by atoms with van der Waals surface area (Å²) in [5, 5.41) is 1.92. The normalized spacial score (nSPS) is 11.4. The smallest absolute Gasteiger partial charge is 0.0721 e. The molecule has 0 radical (unpaired) electrons.